The maximum Gasteiger partial charge on any atom is 0.237 e. The molecule has 1 heterocycles. The first-order valence-electron chi connectivity index (χ1n) is 7.45. The molecule has 9 heteroatoms. The largest absolute Gasteiger partial charge is 0.493 e. The van der Waals surface area contributed by atoms with Crippen LogP contribution in [0.1, 0.15) is 6.92 Å². The molecule has 1 atom stereocenters. The van der Waals surface area contributed by atoms with Crippen molar-refractivity contribution in [1.29, 1.82) is 0 Å². The number of thioether (sulfide) groups is 1. The zero-order chi connectivity index (χ0) is 18.2. The quantitative estimate of drug-likeness (QED) is 0.510. The van der Waals surface area contributed by atoms with E-state index in [9.17, 15) is 4.79 Å². The van der Waals surface area contributed by atoms with Crippen LogP contribution in [-0.4, -0.2) is 42.1 Å². The normalized spacial score (nSPS) is 11.5. The molecule has 0 saturated heterocycles. The van der Waals surface area contributed by atoms with E-state index in [2.05, 4.69) is 27.4 Å². The summed E-state index contributed by atoms with van der Waals surface area (Å²) in [6.45, 7) is 6.07. The molecule has 0 aliphatic heterocycles. The van der Waals surface area contributed by atoms with Gasteiger partial charge in [-0.15, -0.1) is 16.8 Å². The van der Waals surface area contributed by atoms with Crippen LogP contribution in [0.2, 0.25) is 0 Å². The first-order valence-corrected chi connectivity index (χ1v) is 9.14. The van der Waals surface area contributed by atoms with E-state index in [0.717, 1.165) is 4.34 Å². The monoisotopic (exact) mass is 380 g/mol. The lowest BCUT2D eigenvalue weighted by Gasteiger charge is -2.13. The smallest absolute Gasteiger partial charge is 0.237 e. The number of ether oxygens (including phenoxy) is 2. The minimum absolute atomic E-state index is 0.131. The van der Waals surface area contributed by atoms with E-state index in [4.69, 9.17) is 9.47 Å². The first-order chi connectivity index (χ1) is 12.1. The Kier molecular flexibility index (Phi) is 7.08. The number of benzene rings is 1. The SMILES string of the molecule is C=CCNc1nnc(S[C@@H](C)C(=O)Nc2ccc(OC)c(OC)c2)s1. The second-order valence-electron chi connectivity index (χ2n) is 4.86. The fourth-order valence-electron chi connectivity index (χ4n) is 1.85. The lowest BCUT2D eigenvalue weighted by atomic mass is 10.2. The van der Waals surface area contributed by atoms with Crippen LogP contribution in [0.3, 0.4) is 0 Å². The fourth-order valence-corrected chi connectivity index (χ4v) is 3.75. The molecule has 0 bridgehead atoms. The van der Waals surface area contributed by atoms with Gasteiger partial charge in [-0.05, 0) is 19.1 Å². The third kappa shape index (κ3) is 5.36. The zero-order valence-corrected chi connectivity index (χ0v) is 15.9. The Bertz CT molecular complexity index is 736. The van der Waals surface area contributed by atoms with Crippen LogP contribution < -0.4 is 20.1 Å². The van der Waals surface area contributed by atoms with Gasteiger partial charge in [0.25, 0.3) is 0 Å². The van der Waals surface area contributed by atoms with Crippen LogP contribution in [0, 0.1) is 0 Å². The van der Waals surface area contributed by atoms with E-state index in [0.29, 0.717) is 28.9 Å². The van der Waals surface area contributed by atoms with E-state index in [1.165, 1.54) is 23.1 Å². The molecule has 0 aliphatic carbocycles. The minimum Gasteiger partial charge on any atom is -0.493 e. The van der Waals surface area contributed by atoms with Crippen LogP contribution in [0.15, 0.2) is 35.2 Å². The van der Waals surface area contributed by atoms with Gasteiger partial charge in [-0.3, -0.25) is 4.79 Å². The number of rotatable bonds is 9. The van der Waals surface area contributed by atoms with E-state index >= 15 is 0 Å². The summed E-state index contributed by atoms with van der Waals surface area (Å²) >= 11 is 2.76. The zero-order valence-electron chi connectivity index (χ0n) is 14.2. The van der Waals surface area contributed by atoms with E-state index in [-0.39, 0.29) is 11.2 Å². The summed E-state index contributed by atoms with van der Waals surface area (Å²) in [6, 6.07) is 5.23. The van der Waals surface area contributed by atoms with Crippen LogP contribution in [-0.2, 0) is 4.79 Å². The molecule has 0 saturated carbocycles. The topological polar surface area (TPSA) is 85.4 Å². The van der Waals surface area contributed by atoms with Crippen LogP contribution >= 0.6 is 23.1 Å². The van der Waals surface area contributed by atoms with Crippen LogP contribution in [0.25, 0.3) is 0 Å². The summed E-state index contributed by atoms with van der Waals surface area (Å²) in [5, 5.41) is 14.4. The maximum atomic E-state index is 12.4. The predicted molar refractivity (Wildman–Crippen MR) is 102 cm³/mol. The van der Waals surface area contributed by atoms with Gasteiger partial charge in [0, 0.05) is 18.3 Å². The number of amides is 1. The van der Waals surface area contributed by atoms with Crippen molar-refractivity contribution >= 4 is 39.8 Å². The van der Waals surface area contributed by atoms with Crippen molar-refractivity contribution < 1.29 is 14.3 Å². The Morgan fingerprint density at radius 2 is 2.12 bits per heavy atom. The molecule has 25 heavy (non-hydrogen) atoms. The van der Waals surface area contributed by atoms with E-state index in [1.54, 1.807) is 38.5 Å². The van der Waals surface area contributed by atoms with Crippen molar-refractivity contribution in [3.63, 3.8) is 0 Å². The Morgan fingerprint density at radius 3 is 2.80 bits per heavy atom. The van der Waals surface area contributed by atoms with Gasteiger partial charge in [0.05, 0.1) is 19.5 Å². The number of methoxy groups -OCH3 is 2. The fraction of sp³-hybridized carbons (Fsp3) is 0.312. The number of hydrogen-bond acceptors (Lipinski definition) is 8. The third-order valence-corrected chi connectivity index (χ3v) is 5.17. The molecule has 2 rings (SSSR count). The number of aromatic nitrogens is 2. The molecule has 1 amide bonds. The molecule has 0 fully saturated rings. The van der Waals surface area contributed by atoms with Crippen LogP contribution in [0.4, 0.5) is 10.8 Å². The average Bonchev–Trinajstić information content (AvgIpc) is 3.06. The summed E-state index contributed by atoms with van der Waals surface area (Å²) in [5.41, 5.74) is 0.640. The van der Waals surface area contributed by atoms with Gasteiger partial charge < -0.3 is 20.1 Å². The highest BCUT2D eigenvalue weighted by Crippen LogP contribution is 2.31. The average molecular weight is 380 g/mol. The standard InChI is InChI=1S/C16H20N4O3S2/c1-5-8-17-15-19-20-16(25-15)24-10(2)14(21)18-11-6-7-12(22-3)13(9-11)23-4/h5-7,9-10H,1,8H2,2-4H3,(H,17,19)(H,18,21)/t10-/m0/s1. The van der Waals surface area contributed by atoms with Gasteiger partial charge in [0.1, 0.15) is 0 Å². The van der Waals surface area contributed by atoms with Crippen molar-refractivity contribution in [1.82, 2.24) is 10.2 Å². The highest BCUT2D eigenvalue weighted by molar-refractivity contribution is 8.02. The number of nitrogens with one attached hydrogen (secondary N) is 2. The van der Waals surface area contributed by atoms with Crippen molar-refractivity contribution in [2.24, 2.45) is 0 Å². The van der Waals surface area contributed by atoms with E-state index in [1.807, 2.05) is 6.92 Å². The summed E-state index contributed by atoms with van der Waals surface area (Å²) in [4.78, 5) is 12.4. The molecule has 0 radical (unpaired) electrons. The highest BCUT2D eigenvalue weighted by Gasteiger charge is 2.18. The molecule has 2 N–H and O–H groups in total. The van der Waals surface area contributed by atoms with Gasteiger partial charge >= 0.3 is 0 Å². The van der Waals surface area contributed by atoms with Gasteiger partial charge in [-0.1, -0.05) is 29.2 Å². The van der Waals surface area contributed by atoms with Gasteiger partial charge in [-0.25, -0.2) is 0 Å². The molecule has 0 aliphatic rings. The van der Waals surface area contributed by atoms with Crippen molar-refractivity contribution in [3.05, 3.63) is 30.9 Å². The Balaban J connectivity index is 1.95. The molecule has 0 unspecified atom stereocenters. The maximum absolute atomic E-state index is 12.4. The summed E-state index contributed by atoms with van der Waals surface area (Å²) in [5.74, 6) is 1.03. The Labute approximate surface area is 154 Å². The summed E-state index contributed by atoms with van der Waals surface area (Å²) in [7, 11) is 3.12. The van der Waals surface area contributed by atoms with Gasteiger partial charge in [0.15, 0.2) is 15.8 Å². The molecule has 2 aromatic rings. The predicted octanol–water partition coefficient (Wildman–Crippen LogP) is 3.27. The number of carbonyl (C=O) groups excluding carboxylic acids is 1. The number of nitrogens with zero attached hydrogens (tertiary/aromatic N) is 2. The van der Waals surface area contributed by atoms with Gasteiger partial charge in [0.2, 0.25) is 11.0 Å². The third-order valence-electron chi connectivity index (χ3n) is 3.10. The van der Waals surface area contributed by atoms with Crippen molar-refractivity contribution in [2.45, 2.75) is 16.5 Å². The lowest BCUT2D eigenvalue weighted by molar-refractivity contribution is -0.115. The molecule has 1 aromatic heterocycles. The van der Waals surface area contributed by atoms with Crippen molar-refractivity contribution in [2.75, 3.05) is 31.4 Å². The summed E-state index contributed by atoms with van der Waals surface area (Å²) < 4.78 is 11.1. The highest BCUT2D eigenvalue weighted by atomic mass is 32.2. The second-order valence-corrected chi connectivity index (χ2v) is 7.43. The Morgan fingerprint density at radius 1 is 1.36 bits per heavy atom. The Hall–Kier alpha value is -2.26. The minimum atomic E-state index is -0.326. The van der Waals surface area contributed by atoms with E-state index < -0.39 is 0 Å². The number of anilines is 2. The second kappa shape index (κ2) is 9.28. The lowest BCUT2D eigenvalue weighted by Crippen LogP contribution is -2.22. The van der Waals surface area contributed by atoms with Crippen LogP contribution in [0.5, 0.6) is 11.5 Å². The number of carbonyl (C=O) groups is 1. The molecule has 1 aromatic carbocycles. The van der Waals surface area contributed by atoms with Crippen molar-refractivity contribution in [3.8, 4) is 11.5 Å². The molecule has 134 valence electrons. The molecular weight excluding hydrogens is 360 g/mol. The van der Waals surface area contributed by atoms with Gasteiger partial charge in [-0.2, -0.15) is 0 Å². The first kappa shape index (κ1) is 19.1. The number of hydrogen-bond donors (Lipinski definition) is 2. The molecule has 0 spiro atoms. The molecule has 7 nitrogen and oxygen atoms in total. The summed E-state index contributed by atoms with van der Waals surface area (Å²) in [6.07, 6.45) is 1.74. The molecular formula is C16H20N4O3S2.